The maximum atomic E-state index is 12.6. The molecule has 2 aromatic rings. The van der Waals surface area contributed by atoms with Crippen molar-refractivity contribution in [3.63, 3.8) is 0 Å². The van der Waals surface area contributed by atoms with E-state index in [-0.39, 0.29) is 15.6 Å². The van der Waals surface area contributed by atoms with Crippen molar-refractivity contribution >= 4 is 21.6 Å². The molecular weight excluding hydrogens is 312 g/mol. The largest absolute Gasteiger partial charge is 0.382 e. The van der Waals surface area contributed by atoms with Gasteiger partial charge in [-0.15, -0.1) is 0 Å². The molecule has 0 unspecified atom stereocenters. The van der Waals surface area contributed by atoms with Crippen LogP contribution in [0, 0.1) is 5.92 Å². The maximum absolute atomic E-state index is 12.6. The van der Waals surface area contributed by atoms with Gasteiger partial charge in [0.1, 0.15) is 10.7 Å². The Balaban J connectivity index is 1.91. The SMILES string of the molecule is CC1CCN(c2ncc(S(=O)(=O)c3ccccc3)c(N)n2)CC1. The predicted molar refractivity (Wildman–Crippen MR) is 88.9 cm³/mol. The summed E-state index contributed by atoms with van der Waals surface area (Å²) in [4.78, 5) is 10.7. The summed E-state index contributed by atoms with van der Waals surface area (Å²) in [5.74, 6) is 1.19. The first-order chi connectivity index (χ1) is 11.0. The van der Waals surface area contributed by atoms with Gasteiger partial charge in [0.15, 0.2) is 0 Å². The van der Waals surface area contributed by atoms with Crippen molar-refractivity contribution in [2.75, 3.05) is 23.7 Å². The number of hydrogen-bond acceptors (Lipinski definition) is 6. The van der Waals surface area contributed by atoms with Crippen molar-refractivity contribution in [2.24, 2.45) is 5.92 Å². The third kappa shape index (κ3) is 3.14. The predicted octanol–water partition coefficient (Wildman–Crippen LogP) is 2.13. The third-order valence-electron chi connectivity index (χ3n) is 4.18. The first-order valence-corrected chi connectivity index (χ1v) is 9.14. The number of nitrogens with zero attached hydrogens (tertiary/aromatic N) is 3. The van der Waals surface area contributed by atoms with Crippen molar-refractivity contribution in [3.05, 3.63) is 36.5 Å². The Kier molecular flexibility index (Phi) is 4.21. The monoisotopic (exact) mass is 332 g/mol. The van der Waals surface area contributed by atoms with Crippen LogP contribution in [-0.4, -0.2) is 31.5 Å². The smallest absolute Gasteiger partial charge is 0.227 e. The van der Waals surface area contributed by atoms with Crippen LogP contribution < -0.4 is 10.6 Å². The molecule has 1 aliphatic heterocycles. The van der Waals surface area contributed by atoms with E-state index < -0.39 is 9.84 Å². The number of hydrogen-bond donors (Lipinski definition) is 1. The van der Waals surface area contributed by atoms with Crippen LogP contribution in [0.5, 0.6) is 0 Å². The summed E-state index contributed by atoms with van der Waals surface area (Å²) >= 11 is 0. The highest BCUT2D eigenvalue weighted by Gasteiger charge is 2.24. The molecule has 122 valence electrons. The van der Waals surface area contributed by atoms with Crippen LogP contribution in [0.2, 0.25) is 0 Å². The molecule has 1 fully saturated rings. The zero-order chi connectivity index (χ0) is 16.4. The number of piperidine rings is 1. The van der Waals surface area contributed by atoms with E-state index in [0.717, 1.165) is 25.9 Å². The fourth-order valence-corrected chi connectivity index (χ4v) is 3.95. The van der Waals surface area contributed by atoms with E-state index in [2.05, 4.69) is 21.8 Å². The lowest BCUT2D eigenvalue weighted by Gasteiger charge is -2.30. The fourth-order valence-electron chi connectivity index (χ4n) is 2.67. The highest BCUT2D eigenvalue weighted by Crippen LogP contribution is 2.26. The van der Waals surface area contributed by atoms with E-state index >= 15 is 0 Å². The molecule has 1 aliphatic rings. The molecule has 23 heavy (non-hydrogen) atoms. The number of aromatic nitrogens is 2. The topological polar surface area (TPSA) is 89.2 Å². The summed E-state index contributed by atoms with van der Waals surface area (Å²) in [7, 11) is -3.69. The van der Waals surface area contributed by atoms with Crippen LogP contribution in [0.4, 0.5) is 11.8 Å². The molecule has 2 N–H and O–H groups in total. The van der Waals surface area contributed by atoms with Crippen molar-refractivity contribution in [1.29, 1.82) is 0 Å². The second-order valence-corrected chi connectivity index (χ2v) is 7.82. The lowest BCUT2D eigenvalue weighted by molar-refractivity contribution is 0.434. The van der Waals surface area contributed by atoms with Gasteiger partial charge in [-0.05, 0) is 30.9 Å². The lowest BCUT2D eigenvalue weighted by Crippen LogP contribution is -2.34. The molecule has 1 aromatic heterocycles. The van der Waals surface area contributed by atoms with E-state index in [1.54, 1.807) is 18.2 Å². The van der Waals surface area contributed by atoms with E-state index in [4.69, 9.17) is 5.73 Å². The number of nitrogens with two attached hydrogens (primary N) is 1. The van der Waals surface area contributed by atoms with Crippen molar-refractivity contribution in [1.82, 2.24) is 9.97 Å². The average molecular weight is 332 g/mol. The first-order valence-electron chi connectivity index (χ1n) is 7.66. The molecule has 1 aromatic carbocycles. The number of anilines is 2. The number of rotatable bonds is 3. The summed E-state index contributed by atoms with van der Waals surface area (Å²) in [5, 5.41) is 0. The number of benzene rings is 1. The average Bonchev–Trinajstić information content (AvgIpc) is 2.56. The van der Waals surface area contributed by atoms with E-state index in [9.17, 15) is 8.42 Å². The standard InChI is InChI=1S/C16H20N4O2S/c1-12-7-9-20(10-8-12)16-18-11-14(15(17)19-16)23(21,22)13-5-3-2-4-6-13/h2-6,11-12H,7-10H2,1H3,(H2,17,18,19). The van der Waals surface area contributed by atoms with Crippen LogP contribution in [0.15, 0.2) is 46.3 Å². The van der Waals surface area contributed by atoms with Gasteiger partial charge in [0.2, 0.25) is 15.8 Å². The summed E-state index contributed by atoms with van der Waals surface area (Å²) < 4.78 is 25.2. The minimum Gasteiger partial charge on any atom is -0.382 e. The van der Waals surface area contributed by atoms with Gasteiger partial charge in [-0.2, -0.15) is 4.98 Å². The van der Waals surface area contributed by atoms with Gasteiger partial charge < -0.3 is 10.6 Å². The zero-order valence-electron chi connectivity index (χ0n) is 13.0. The minimum absolute atomic E-state index is 0.00234. The Morgan fingerprint density at radius 3 is 2.43 bits per heavy atom. The molecule has 0 saturated carbocycles. The first kappa shape index (κ1) is 15.7. The van der Waals surface area contributed by atoms with Gasteiger partial charge in [0.25, 0.3) is 0 Å². The van der Waals surface area contributed by atoms with E-state index in [1.165, 1.54) is 18.3 Å². The molecule has 1 saturated heterocycles. The molecule has 0 radical (unpaired) electrons. The molecule has 0 atom stereocenters. The van der Waals surface area contributed by atoms with Gasteiger partial charge >= 0.3 is 0 Å². The Labute approximate surface area is 136 Å². The van der Waals surface area contributed by atoms with Gasteiger partial charge in [-0.25, -0.2) is 13.4 Å². The fraction of sp³-hybridized carbons (Fsp3) is 0.375. The minimum atomic E-state index is -3.69. The van der Waals surface area contributed by atoms with Gasteiger partial charge in [0.05, 0.1) is 11.1 Å². The molecule has 2 heterocycles. The van der Waals surface area contributed by atoms with Crippen LogP contribution >= 0.6 is 0 Å². The summed E-state index contributed by atoms with van der Waals surface area (Å²) in [6.07, 6.45) is 3.47. The second-order valence-electron chi connectivity index (χ2n) is 5.91. The Bertz CT molecular complexity index is 785. The van der Waals surface area contributed by atoms with Crippen LogP contribution in [0.25, 0.3) is 0 Å². The van der Waals surface area contributed by atoms with Crippen molar-refractivity contribution < 1.29 is 8.42 Å². The molecule has 0 bridgehead atoms. The summed E-state index contributed by atoms with van der Waals surface area (Å²) in [6, 6.07) is 8.18. The molecule has 7 heteroatoms. The quantitative estimate of drug-likeness (QED) is 0.926. The summed E-state index contributed by atoms with van der Waals surface area (Å²) in [6.45, 7) is 3.96. The number of nitrogen functional groups attached to an aromatic ring is 1. The Hall–Kier alpha value is -2.15. The van der Waals surface area contributed by atoms with Crippen LogP contribution in [-0.2, 0) is 9.84 Å². The van der Waals surface area contributed by atoms with E-state index in [1.807, 2.05) is 0 Å². The molecule has 0 amide bonds. The second kappa shape index (κ2) is 6.16. The van der Waals surface area contributed by atoms with Gasteiger partial charge in [0, 0.05) is 13.1 Å². The van der Waals surface area contributed by atoms with Crippen LogP contribution in [0.3, 0.4) is 0 Å². The van der Waals surface area contributed by atoms with Gasteiger partial charge in [-0.3, -0.25) is 0 Å². The zero-order valence-corrected chi connectivity index (χ0v) is 13.8. The highest BCUT2D eigenvalue weighted by atomic mass is 32.2. The molecule has 0 spiro atoms. The molecule has 3 rings (SSSR count). The maximum Gasteiger partial charge on any atom is 0.227 e. The number of sulfone groups is 1. The normalized spacial score (nSPS) is 16.5. The third-order valence-corrected chi connectivity index (χ3v) is 5.97. The van der Waals surface area contributed by atoms with Gasteiger partial charge in [-0.1, -0.05) is 25.1 Å². The van der Waals surface area contributed by atoms with E-state index in [0.29, 0.717) is 11.9 Å². The molecule has 6 nitrogen and oxygen atoms in total. The van der Waals surface area contributed by atoms with Crippen molar-refractivity contribution in [2.45, 2.75) is 29.6 Å². The van der Waals surface area contributed by atoms with Crippen LogP contribution in [0.1, 0.15) is 19.8 Å². The molecule has 0 aliphatic carbocycles. The summed E-state index contributed by atoms with van der Waals surface area (Å²) in [5.41, 5.74) is 5.92. The molecular formula is C16H20N4O2S. The lowest BCUT2D eigenvalue weighted by atomic mass is 10.00. The highest BCUT2D eigenvalue weighted by molar-refractivity contribution is 7.91. The van der Waals surface area contributed by atoms with Crippen molar-refractivity contribution in [3.8, 4) is 0 Å². The Morgan fingerprint density at radius 1 is 1.17 bits per heavy atom. The Morgan fingerprint density at radius 2 is 1.83 bits per heavy atom.